The zero-order valence-electron chi connectivity index (χ0n) is 9.21. The molecule has 0 spiro atoms. The van der Waals surface area contributed by atoms with Crippen LogP contribution in [0.2, 0.25) is 0 Å². The van der Waals surface area contributed by atoms with Crippen molar-refractivity contribution in [2.75, 3.05) is 6.79 Å². The van der Waals surface area contributed by atoms with Gasteiger partial charge in [-0.2, -0.15) is 4.98 Å². The zero-order valence-corrected chi connectivity index (χ0v) is 9.21. The van der Waals surface area contributed by atoms with Crippen LogP contribution in [0.1, 0.15) is 18.9 Å². The van der Waals surface area contributed by atoms with Crippen molar-refractivity contribution in [2.45, 2.75) is 13.0 Å². The highest BCUT2D eigenvalue weighted by atomic mass is 16.7. The molecule has 1 aromatic heterocycles. The number of fused-ring (bicyclic) bond motifs is 1. The molecular formula is C11H11N3O3. The molecule has 17 heavy (non-hydrogen) atoms. The Labute approximate surface area is 97.3 Å². The van der Waals surface area contributed by atoms with Crippen LogP contribution in [0.25, 0.3) is 11.4 Å². The Kier molecular flexibility index (Phi) is 2.22. The molecule has 0 unspecified atom stereocenters. The lowest BCUT2D eigenvalue weighted by atomic mass is 10.2. The number of benzene rings is 1. The third kappa shape index (κ3) is 1.62. The molecule has 0 saturated carbocycles. The van der Waals surface area contributed by atoms with E-state index < -0.39 is 0 Å². The minimum Gasteiger partial charge on any atom is -0.454 e. The van der Waals surface area contributed by atoms with Gasteiger partial charge < -0.3 is 19.7 Å². The second kappa shape index (κ2) is 3.74. The predicted octanol–water partition coefficient (Wildman–Crippen LogP) is 1.49. The van der Waals surface area contributed by atoms with Crippen LogP contribution in [-0.2, 0) is 0 Å². The Morgan fingerprint density at radius 2 is 2.24 bits per heavy atom. The standard InChI is InChI=1S/C11H11N3O3/c1-6(12)11-13-10(14-17-11)7-3-2-4-8-9(7)16-5-15-8/h2-4,6H,5,12H2,1H3/t6-/m0/s1. The summed E-state index contributed by atoms with van der Waals surface area (Å²) < 4.78 is 15.7. The zero-order chi connectivity index (χ0) is 11.8. The van der Waals surface area contributed by atoms with Crippen LogP contribution in [-0.4, -0.2) is 16.9 Å². The van der Waals surface area contributed by atoms with Gasteiger partial charge in [0, 0.05) is 0 Å². The first-order chi connectivity index (χ1) is 8.25. The SMILES string of the molecule is C[C@H](N)c1nc(-c2cccc3c2OCO3)no1. The van der Waals surface area contributed by atoms with Gasteiger partial charge in [-0.05, 0) is 19.1 Å². The number of nitrogens with zero attached hydrogens (tertiary/aromatic N) is 2. The van der Waals surface area contributed by atoms with Crippen molar-refractivity contribution in [3.63, 3.8) is 0 Å². The highest BCUT2D eigenvalue weighted by molar-refractivity contribution is 5.69. The van der Waals surface area contributed by atoms with E-state index >= 15 is 0 Å². The Morgan fingerprint density at radius 3 is 3.00 bits per heavy atom. The lowest BCUT2D eigenvalue weighted by molar-refractivity contribution is 0.174. The van der Waals surface area contributed by atoms with E-state index in [0.717, 1.165) is 5.56 Å². The fourth-order valence-electron chi connectivity index (χ4n) is 1.64. The topological polar surface area (TPSA) is 83.4 Å². The van der Waals surface area contributed by atoms with Crippen molar-refractivity contribution in [2.24, 2.45) is 5.73 Å². The molecule has 88 valence electrons. The second-order valence-electron chi connectivity index (χ2n) is 3.78. The number of hydrogen-bond acceptors (Lipinski definition) is 6. The van der Waals surface area contributed by atoms with Gasteiger partial charge in [-0.1, -0.05) is 11.2 Å². The maximum Gasteiger partial charge on any atom is 0.243 e. The van der Waals surface area contributed by atoms with E-state index in [-0.39, 0.29) is 12.8 Å². The Bertz CT molecular complexity index is 551. The molecule has 0 aliphatic carbocycles. The Balaban J connectivity index is 2.06. The largest absolute Gasteiger partial charge is 0.454 e. The monoisotopic (exact) mass is 233 g/mol. The number of para-hydroxylation sites is 1. The summed E-state index contributed by atoms with van der Waals surface area (Å²) in [6, 6.07) is 5.25. The van der Waals surface area contributed by atoms with Gasteiger partial charge in [-0.25, -0.2) is 0 Å². The van der Waals surface area contributed by atoms with Crippen LogP contribution >= 0.6 is 0 Å². The highest BCUT2D eigenvalue weighted by Crippen LogP contribution is 2.40. The first-order valence-corrected chi connectivity index (χ1v) is 5.24. The molecule has 6 nitrogen and oxygen atoms in total. The van der Waals surface area contributed by atoms with Crippen LogP contribution < -0.4 is 15.2 Å². The van der Waals surface area contributed by atoms with Gasteiger partial charge in [-0.3, -0.25) is 0 Å². The van der Waals surface area contributed by atoms with Crippen LogP contribution in [0.5, 0.6) is 11.5 Å². The minimum absolute atomic E-state index is 0.213. The van der Waals surface area contributed by atoms with Crippen molar-refractivity contribution < 1.29 is 14.0 Å². The Hall–Kier alpha value is -2.08. The summed E-state index contributed by atoms with van der Waals surface area (Å²) in [4.78, 5) is 4.22. The molecule has 0 saturated heterocycles. The fourth-order valence-corrected chi connectivity index (χ4v) is 1.64. The van der Waals surface area contributed by atoms with Crippen LogP contribution in [0.3, 0.4) is 0 Å². The average Bonchev–Trinajstić information content (AvgIpc) is 2.97. The van der Waals surface area contributed by atoms with E-state index in [1.807, 2.05) is 18.2 Å². The molecular weight excluding hydrogens is 222 g/mol. The molecule has 1 atom stereocenters. The molecule has 6 heteroatoms. The third-order valence-corrected chi connectivity index (χ3v) is 2.47. The Morgan fingerprint density at radius 1 is 1.35 bits per heavy atom. The molecule has 2 N–H and O–H groups in total. The molecule has 0 radical (unpaired) electrons. The number of aromatic nitrogens is 2. The maximum absolute atomic E-state index is 5.67. The summed E-state index contributed by atoms with van der Waals surface area (Å²) in [5, 5.41) is 3.88. The van der Waals surface area contributed by atoms with Gasteiger partial charge >= 0.3 is 0 Å². The average molecular weight is 233 g/mol. The summed E-state index contributed by atoms with van der Waals surface area (Å²) in [5.41, 5.74) is 6.41. The van der Waals surface area contributed by atoms with Gasteiger partial charge in [0.05, 0.1) is 11.6 Å². The fraction of sp³-hybridized carbons (Fsp3) is 0.273. The first-order valence-electron chi connectivity index (χ1n) is 5.24. The van der Waals surface area contributed by atoms with Gasteiger partial charge in [0.2, 0.25) is 18.5 Å². The molecule has 1 aromatic carbocycles. The summed E-state index contributed by atoms with van der Waals surface area (Å²) in [6.07, 6.45) is 0. The number of hydrogen-bond donors (Lipinski definition) is 1. The summed E-state index contributed by atoms with van der Waals surface area (Å²) in [6.45, 7) is 2.00. The second-order valence-corrected chi connectivity index (χ2v) is 3.78. The van der Waals surface area contributed by atoms with E-state index in [9.17, 15) is 0 Å². The number of nitrogens with two attached hydrogens (primary N) is 1. The van der Waals surface area contributed by atoms with Crippen LogP contribution in [0.4, 0.5) is 0 Å². The lowest BCUT2D eigenvalue weighted by Crippen LogP contribution is -2.04. The van der Waals surface area contributed by atoms with Gasteiger partial charge in [0.1, 0.15) is 0 Å². The molecule has 3 rings (SSSR count). The van der Waals surface area contributed by atoms with Crippen LogP contribution in [0, 0.1) is 0 Å². The van der Waals surface area contributed by atoms with Gasteiger partial charge in [0.25, 0.3) is 0 Å². The highest BCUT2D eigenvalue weighted by Gasteiger charge is 2.22. The summed E-state index contributed by atoms with van der Waals surface area (Å²) in [5.74, 6) is 2.19. The minimum atomic E-state index is -0.287. The van der Waals surface area contributed by atoms with E-state index in [2.05, 4.69) is 10.1 Å². The molecule has 0 bridgehead atoms. The first kappa shape index (κ1) is 10.1. The van der Waals surface area contributed by atoms with Crippen molar-refractivity contribution in [3.05, 3.63) is 24.1 Å². The van der Waals surface area contributed by atoms with Crippen molar-refractivity contribution in [1.29, 1.82) is 0 Å². The van der Waals surface area contributed by atoms with Gasteiger partial charge in [0.15, 0.2) is 11.5 Å². The molecule has 0 fully saturated rings. The summed E-state index contributed by atoms with van der Waals surface area (Å²) in [7, 11) is 0. The van der Waals surface area contributed by atoms with E-state index in [0.29, 0.717) is 23.2 Å². The number of ether oxygens (including phenoxy) is 2. The lowest BCUT2D eigenvalue weighted by Gasteiger charge is -2.00. The predicted molar refractivity (Wildman–Crippen MR) is 58.5 cm³/mol. The third-order valence-electron chi connectivity index (χ3n) is 2.47. The van der Waals surface area contributed by atoms with E-state index in [4.69, 9.17) is 19.7 Å². The molecule has 1 aliphatic heterocycles. The smallest absolute Gasteiger partial charge is 0.243 e. The van der Waals surface area contributed by atoms with Crippen molar-refractivity contribution >= 4 is 0 Å². The van der Waals surface area contributed by atoms with Crippen molar-refractivity contribution in [3.8, 4) is 22.9 Å². The maximum atomic E-state index is 5.67. The normalized spacial score (nSPS) is 14.9. The van der Waals surface area contributed by atoms with Gasteiger partial charge in [-0.15, -0.1) is 0 Å². The van der Waals surface area contributed by atoms with Crippen LogP contribution in [0.15, 0.2) is 22.7 Å². The number of rotatable bonds is 2. The molecule has 1 aliphatic rings. The molecule has 0 amide bonds. The summed E-state index contributed by atoms with van der Waals surface area (Å²) >= 11 is 0. The van der Waals surface area contributed by atoms with E-state index in [1.54, 1.807) is 6.92 Å². The van der Waals surface area contributed by atoms with E-state index in [1.165, 1.54) is 0 Å². The van der Waals surface area contributed by atoms with Crippen molar-refractivity contribution in [1.82, 2.24) is 10.1 Å². The molecule has 2 heterocycles. The molecule has 2 aromatic rings. The quantitative estimate of drug-likeness (QED) is 0.845.